The lowest BCUT2D eigenvalue weighted by atomic mass is 9.98. The summed E-state index contributed by atoms with van der Waals surface area (Å²) in [7, 11) is 1.63. The fourth-order valence-electron chi connectivity index (χ4n) is 3.92. The van der Waals surface area contributed by atoms with Crippen LogP contribution in [0.1, 0.15) is 67.9 Å². The molecule has 0 atom stereocenters. The number of ether oxygens (including phenoxy) is 3. The van der Waals surface area contributed by atoms with Crippen molar-refractivity contribution in [1.82, 2.24) is 15.0 Å². The maximum atomic E-state index is 12.5. The number of unbranched alkanes of at least 4 members (excludes halogenated alkanes) is 2. The lowest BCUT2D eigenvalue weighted by Crippen LogP contribution is -2.14. The first kappa shape index (κ1) is 27.7. The first-order chi connectivity index (χ1) is 17.8. The molecule has 0 aliphatic rings. The van der Waals surface area contributed by atoms with Crippen molar-refractivity contribution in [3.05, 3.63) is 53.1 Å². The van der Waals surface area contributed by atoms with Gasteiger partial charge >= 0.3 is 11.9 Å². The largest absolute Gasteiger partial charge is 0.505 e. The molecular weight excluding hydrogens is 474 g/mol. The Morgan fingerprint density at radius 2 is 1.68 bits per heavy atom. The minimum absolute atomic E-state index is 0.0622. The predicted octanol–water partition coefficient (Wildman–Crippen LogP) is 5.10. The molecule has 0 aliphatic carbocycles. The minimum atomic E-state index is -0.571. The molecule has 0 fully saturated rings. The molecule has 2 aromatic carbocycles. The van der Waals surface area contributed by atoms with Crippen molar-refractivity contribution in [3.63, 3.8) is 0 Å². The summed E-state index contributed by atoms with van der Waals surface area (Å²) in [6.45, 7) is 9.13. The maximum absolute atomic E-state index is 12.5. The molecule has 0 spiro atoms. The third kappa shape index (κ3) is 6.67. The number of esters is 2. The number of phenolic OH excluding ortho intramolecular Hbond substituents is 1. The number of phenols is 1. The molecule has 9 heteroatoms. The molecule has 0 radical (unpaired) electrons. The van der Waals surface area contributed by atoms with E-state index in [0.717, 1.165) is 49.0 Å². The van der Waals surface area contributed by atoms with Gasteiger partial charge in [-0.3, -0.25) is 0 Å². The molecule has 37 heavy (non-hydrogen) atoms. The molecule has 3 rings (SSSR count). The summed E-state index contributed by atoms with van der Waals surface area (Å²) in [5.74, 6) is -0.293. The normalized spacial score (nSPS) is 10.9. The van der Waals surface area contributed by atoms with Gasteiger partial charge in [-0.05, 0) is 62.4 Å². The number of aryl methyl sites for hydroxylation is 1. The Balaban J connectivity index is 1.88. The number of nitrogens with zero attached hydrogens (tertiary/aromatic N) is 3. The molecule has 0 unspecified atom stereocenters. The highest BCUT2D eigenvalue weighted by Gasteiger charge is 2.21. The first-order valence-electron chi connectivity index (χ1n) is 12.6. The fourth-order valence-corrected chi connectivity index (χ4v) is 3.92. The van der Waals surface area contributed by atoms with E-state index in [1.807, 2.05) is 6.07 Å². The van der Waals surface area contributed by atoms with Gasteiger partial charge in [-0.2, -0.15) is 0 Å². The number of hydrogen-bond acceptors (Lipinski definition) is 8. The van der Waals surface area contributed by atoms with Gasteiger partial charge in [-0.1, -0.05) is 33.3 Å². The maximum Gasteiger partial charge on any atom is 0.338 e. The monoisotopic (exact) mass is 509 g/mol. The number of hydrogen-bond donors (Lipinski definition) is 1. The van der Waals surface area contributed by atoms with Crippen molar-refractivity contribution >= 4 is 23.0 Å². The SMILES string of the molecule is C=C(C)C(=O)OCCOC(=O)c1ccc2nn(-c3cc(CCCC)c(OC)c(CCCC)c3O)nc2c1. The number of aromatic nitrogens is 3. The predicted molar refractivity (Wildman–Crippen MR) is 140 cm³/mol. The Morgan fingerprint density at radius 1 is 1.00 bits per heavy atom. The average molecular weight is 510 g/mol. The fraction of sp³-hybridized carbons (Fsp3) is 0.429. The van der Waals surface area contributed by atoms with Crippen molar-refractivity contribution in [2.45, 2.75) is 59.3 Å². The summed E-state index contributed by atoms with van der Waals surface area (Å²) in [5, 5.41) is 20.3. The molecule has 3 aromatic rings. The smallest absolute Gasteiger partial charge is 0.338 e. The van der Waals surface area contributed by atoms with Crippen LogP contribution in [0.25, 0.3) is 16.7 Å². The van der Waals surface area contributed by atoms with Crippen LogP contribution in [0.3, 0.4) is 0 Å². The van der Waals surface area contributed by atoms with Gasteiger partial charge < -0.3 is 19.3 Å². The Bertz CT molecular complexity index is 1280. The van der Waals surface area contributed by atoms with Gasteiger partial charge in [0.25, 0.3) is 0 Å². The molecule has 0 saturated carbocycles. The van der Waals surface area contributed by atoms with E-state index in [2.05, 4.69) is 30.6 Å². The zero-order valence-electron chi connectivity index (χ0n) is 22.0. The third-order valence-corrected chi connectivity index (χ3v) is 5.92. The van der Waals surface area contributed by atoms with Crippen molar-refractivity contribution < 1.29 is 28.9 Å². The van der Waals surface area contributed by atoms with Crippen LogP contribution in [0.2, 0.25) is 0 Å². The van der Waals surface area contributed by atoms with E-state index >= 15 is 0 Å². The summed E-state index contributed by atoms with van der Waals surface area (Å²) < 4.78 is 15.8. The number of carbonyl (C=O) groups excluding carboxylic acids is 2. The van der Waals surface area contributed by atoms with Gasteiger partial charge in [0, 0.05) is 11.1 Å². The Morgan fingerprint density at radius 3 is 2.35 bits per heavy atom. The second-order valence-corrected chi connectivity index (χ2v) is 8.87. The van der Waals surface area contributed by atoms with Crippen LogP contribution in [0.4, 0.5) is 0 Å². The topological polar surface area (TPSA) is 113 Å². The second-order valence-electron chi connectivity index (χ2n) is 8.87. The van der Waals surface area contributed by atoms with Crippen LogP contribution in [0.5, 0.6) is 11.5 Å². The highest BCUT2D eigenvalue weighted by molar-refractivity contribution is 5.93. The van der Waals surface area contributed by atoms with E-state index in [9.17, 15) is 14.7 Å². The lowest BCUT2D eigenvalue weighted by molar-refractivity contribution is -0.140. The molecule has 0 saturated heterocycles. The first-order valence-corrected chi connectivity index (χ1v) is 12.6. The molecule has 198 valence electrons. The van der Waals surface area contributed by atoms with Crippen LogP contribution in [0.15, 0.2) is 36.4 Å². The second kappa shape index (κ2) is 12.9. The van der Waals surface area contributed by atoms with Gasteiger partial charge in [0.2, 0.25) is 0 Å². The van der Waals surface area contributed by atoms with Crippen molar-refractivity contribution in [1.29, 1.82) is 0 Å². The van der Waals surface area contributed by atoms with Crippen LogP contribution < -0.4 is 4.74 Å². The molecule has 0 bridgehead atoms. The average Bonchev–Trinajstić information content (AvgIpc) is 3.32. The summed E-state index contributed by atoms with van der Waals surface area (Å²) >= 11 is 0. The van der Waals surface area contributed by atoms with E-state index in [4.69, 9.17) is 14.2 Å². The van der Waals surface area contributed by atoms with Gasteiger partial charge in [-0.25, -0.2) is 9.59 Å². The molecule has 0 aliphatic heterocycles. The lowest BCUT2D eigenvalue weighted by Gasteiger charge is -2.18. The van der Waals surface area contributed by atoms with Gasteiger partial charge in [0.1, 0.15) is 41.4 Å². The Labute approximate surface area is 217 Å². The quantitative estimate of drug-likeness (QED) is 0.192. The molecule has 1 heterocycles. The zero-order chi connectivity index (χ0) is 26.9. The number of benzene rings is 2. The molecule has 9 nitrogen and oxygen atoms in total. The number of aromatic hydroxyl groups is 1. The van der Waals surface area contributed by atoms with Crippen LogP contribution in [0, 0.1) is 0 Å². The summed E-state index contributed by atoms with van der Waals surface area (Å²) in [4.78, 5) is 25.3. The van der Waals surface area contributed by atoms with Crippen LogP contribution in [-0.4, -0.2) is 52.4 Å². The Hall–Kier alpha value is -3.88. The minimum Gasteiger partial charge on any atom is -0.505 e. The summed E-state index contributed by atoms with van der Waals surface area (Å²) in [6.07, 6.45) is 5.40. The van der Waals surface area contributed by atoms with Gasteiger partial charge in [-0.15, -0.1) is 15.0 Å². The van der Waals surface area contributed by atoms with Crippen LogP contribution in [-0.2, 0) is 27.1 Å². The summed E-state index contributed by atoms with van der Waals surface area (Å²) in [6, 6.07) is 6.72. The van der Waals surface area contributed by atoms with E-state index in [1.165, 1.54) is 4.80 Å². The van der Waals surface area contributed by atoms with Crippen molar-refractivity contribution in [2.24, 2.45) is 0 Å². The summed E-state index contributed by atoms with van der Waals surface area (Å²) in [5.41, 5.74) is 3.83. The molecule has 1 aromatic heterocycles. The van der Waals surface area contributed by atoms with E-state index in [0.29, 0.717) is 23.1 Å². The highest BCUT2D eigenvalue weighted by Crippen LogP contribution is 2.38. The van der Waals surface area contributed by atoms with E-state index in [-0.39, 0.29) is 30.1 Å². The van der Waals surface area contributed by atoms with Crippen molar-refractivity contribution in [3.8, 4) is 17.2 Å². The third-order valence-electron chi connectivity index (χ3n) is 5.92. The number of carbonyl (C=O) groups is 2. The molecule has 1 N–H and O–H groups in total. The van der Waals surface area contributed by atoms with E-state index in [1.54, 1.807) is 32.2 Å². The van der Waals surface area contributed by atoms with E-state index < -0.39 is 11.9 Å². The number of rotatable bonds is 13. The number of methoxy groups -OCH3 is 1. The Kier molecular flexibility index (Phi) is 9.65. The van der Waals surface area contributed by atoms with Crippen molar-refractivity contribution in [2.75, 3.05) is 20.3 Å². The van der Waals surface area contributed by atoms with Gasteiger partial charge in [0.05, 0.1) is 12.7 Å². The number of fused-ring (bicyclic) bond motifs is 1. The van der Waals surface area contributed by atoms with Gasteiger partial charge in [0.15, 0.2) is 0 Å². The molecular formula is C28H35N3O6. The standard InChI is InChI=1S/C28H35N3O6/c1-6-8-10-19-17-24(25(32)21(11-9-7-2)26(19)35-5)31-29-22-13-12-20(16-23(22)30-31)28(34)37-15-14-36-27(33)18(3)4/h12-13,16-17,32H,3,6-11,14-15H2,1-2,4-5H3. The molecule has 0 amide bonds. The zero-order valence-corrected chi connectivity index (χ0v) is 22.0. The highest BCUT2D eigenvalue weighted by atomic mass is 16.6. The van der Waals surface area contributed by atoms with Crippen LogP contribution >= 0.6 is 0 Å².